The van der Waals surface area contributed by atoms with Gasteiger partial charge in [0, 0.05) is 37.3 Å². The zero-order valence-electron chi connectivity index (χ0n) is 15.5. The van der Waals surface area contributed by atoms with Crippen LogP contribution in [0.3, 0.4) is 0 Å². The summed E-state index contributed by atoms with van der Waals surface area (Å²) in [6, 6.07) is 15.0. The third-order valence-electron chi connectivity index (χ3n) is 4.65. The van der Waals surface area contributed by atoms with Crippen LogP contribution in [-0.2, 0) is 29.0 Å². The van der Waals surface area contributed by atoms with Crippen LogP contribution in [0.2, 0.25) is 0 Å². The molecule has 0 aliphatic carbocycles. The molecule has 26 heavy (non-hydrogen) atoms. The minimum Gasteiger partial charge on any atom is -0.384 e. The van der Waals surface area contributed by atoms with E-state index >= 15 is 0 Å². The van der Waals surface area contributed by atoms with Crippen molar-refractivity contribution in [1.82, 2.24) is 4.90 Å². The molecule has 0 saturated heterocycles. The van der Waals surface area contributed by atoms with Gasteiger partial charge in [-0.2, -0.15) is 0 Å². The van der Waals surface area contributed by atoms with E-state index in [1.807, 2.05) is 6.07 Å². The van der Waals surface area contributed by atoms with Crippen LogP contribution in [0.1, 0.15) is 23.1 Å². The Morgan fingerprint density at radius 2 is 2.12 bits per heavy atom. The van der Waals surface area contributed by atoms with Crippen LogP contribution < -0.4 is 5.32 Å². The number of hydrogen-bond donors (Lipinski definition) is 1. The molecule has 5 heteroatoms. The standard InChI is InChI=1S/C21H26N2O2S/c1-25-11-9-21(24)22-19-7-6-17-8-10-23(15-18(17)13-19)14-16-4-3-5-20(12-16)26-2/h3-7,12-13H,8-11,14-15H2,1-2H3,(H,22,24). The first-order valence-electron chi connectivity index (χ1n) is 8.94. The Morgan fingerprint density at radius 3 is 2.92 bits per heavy atom. The van der Waals surface area contributed by atoms with Crippen LogP contribution in [0.15, 0.2) is 47.4 Å². The maximum absolute atomic E-state index is 11.9. The third kappa shape index (κ3) is 5.10. The minimum atomic E-state index is -0.00616. The molecular formula is C21H26N2O2S. The lowest BCUT2D eigenvalue weighted by Gasteiger charge is -2.29. The van der Waals surface area contributed by atoms with Gasteiger partial charge in [0.05, 0.1) is 13.0 Å². The Balaban J connectivity index is 1.64. The second-order valence-corrected chi connectivity index (χ2v) is 7.47. The zero-order valence-corrected chi connectivity index (χ0v) is 16.3. The largest absolute Gasteiger partial charge is 0.384 e. The number of rotatable bonds is 7. The number of nitrogens with one attached hydrogen (secondary N) is 1. The van der Waals surface area contributed by atoms with Crippen LogP contribution in [0.4, 0.5) is 5.69 Å². The first kappa shape index (κ1) is 19.0. The maximum Gasteiger partial charge on any atom is 0.226 e. The second-order valence-electron chi connectivity index (χ2n) is 6.59. The Morgan fingerprint density at radius 1 is 1.23 bits per heavy atom. The van der Waals surface area contributed by atoms with Gasteiger partial charge in [0.15, 0.2) is 0 Å². The fourth-order valence-corrected chi connectivity index (χ4v) is 3.76. The monoisotopic (exact) mass is 370 g/mol. The first-order valence-corrected chi connectivity index (χ1v) is 10.2. The van der Waals surface area contributed by atoms with Gasteiger partial charge in [0.25, 0.3) is 0 Å². The van der Waals surface area contributed by atoms with Crippen molar-refractivity contribution >= 4 is 23.4 Å². The molecule has 1 heterocycles. The van der Waals surface area contributed by atoms with E-state index in [4.69, 9.17) is 4.74 Å². The molecule has 1 aliphatic heterocycles. The molecule has 0 aromatic heterocycles. The lowest BCUT2D eigenvalue weighted by atomic mass is 9.98. The van der Waals surface area contributed by atoms with Crippen molar-refractivity contribution in [3.05, 3.63) is 59.2 Å². The van der Waals surface area contributed by atoms with Crippen molar-refractivity contribution < 1.29 is 9.53 Å². The summed E-state index contributed by atoms with van der Waals surface area (Å²) >= 11 is 1.78. The van der Waals surface area contributed by atoms with Gasteiger partial charge in [0.2, 0.25) is 5.91 Å². The number of hydrogen-bond acceptors (Lipinski definition) is 4. The van der Waals surface area contributed by atoms with Gasteiger partial charge < -0.3 is 10.1 Å². The number of anilines is 1. The second kappa shape index (κ2) is 9.21. The molecule has 0 atom stereocenters. The molecule has 0 fully saturated rings. The predicted octanol–water partition coefficient (Wildman–Crippen LogP) is 3.94. The molecule has 138 valence electrons. The SMILES string of the molecule is COCCC(=O)Nc1ccc2c(c1)CN(Cc1cccc(SC)c1)CC2. The number of amides is 1. The smallest absolute Gasteiger partial charge is 0.226 e. The first-order chi connectivity index (χ1) is 12.7. The molecule has 2 aromatic rings. The van der Waals surface area contributed by atoms with E-state index in [9.17, 15) is 4.79 Å². The summed E-state index contributed by atoms with van der Waals surface area (Å²) in [5.74, 6) is -0.00616. The molecule has 1 aliphatic rings. The minimum absolute atomic E-state index is 0.00616. The van der Waals surface area contributed by atoms with Crippen molar-refractivity contribution in [2.75, 3.05) is 31.8 Å². The van der Waals surface area contributed by atoms with Gasteiger partial charge in [-0.25, -0.2) is 0 Å². The van der Waals surface area contributed by atoms with Crippen molar-refractivity contribution in [3.8, 4) is 0 Å². The highest BCUT2D eigenvalue weighted by Gasteiger charge is 2.17. The summed E-state index contributed by atoms with van der Waals surface area (Å²) in [6.07, 6.45) is 3.54. The van der Waals surface area contributed by atoms with Crippen molar-refractivity contribution in [3.63, 3.8) is 0 Å². The molecule has 0 bridgehead atoms. The summed E-state index contributed by atoms with van der Waals surface area (Å²) in [7, 11) is 1.61. The van der Waals surface area contributed by atoms with Crippen molar-refractivity contribution in [2.45, 2.75) is 30.8 Å². The van der Waals surface area contributed by atoms with E-state index in [2.05, 4.69) is 52.9 Å². The molecule has 3 rings (SSSR count). The fraction of sp³-hybridized carbons (Fsp3) is 0.381. The predicted molar refractivity (Wildman–Crippen MR) is 108 cm³/mol. The van der Waals surface area contributed by atoms with E-state index in [1.165, 1.54) is 21.6 Å². The van der Waals surface area contributed by atoms with Crippen LogP contribution in [-0.4, -0.2) is 37.3 Å². The number of thioether (sulfide) groups is 1. The molecule has 1 N–H and O–H groups in total. The van der Waals surface area contributed by atoms with E-state index in [0.29, 0.717) is 13.0 Å². The Bertz CT molecular complexity index is 763. The lowest BCUT2D eigenvalue weighted by molar-refractivity contribution is -0.117. The normalized spacial score (nSPS) is 14.1. The summed E-state index contributed by atoms with van der Waals surface area (Å²) in [4.78, 5) is 15.7. The highest BCUT2D eigenvalue weighted by atomic mass is 32.2. The van der Waals surface area contributed by atoms with Gasteiger partial charge in [-0.05, 0) is 53.6 Å². The number of benzene rings is 2. The number of nitrogens with zero attached hydrogens (tertiary/aromatic N) is 1. The van der Waals surface area contributed by atoms with Crippen molar-refractivity contribution in [1.29, 1.82) is 0 Å². The molecular weight excluding hydrogens is 344 g/mol. The number of carbonyl (C=O) groups excluding carboxylic acids is 1. The molecule has 0 unspecified atom stereocenters. The van der Waals surface area contributed by atoms with Crippen LogP contribution in [0, 0.1) is 0 Å². The fourth-order valence-electron chi connectivity index (χ4n) is 3.28. The molecule has 1 amide bonds. The number of carbonyl (C=O) groups is 1. The zero-order chi connectivity index (χ0) is 18.4. The van der Waals surface area contributed by atoms with Crippen molar-refractivity contribution in [2.24, 2.45) is 0 Å². The van der Waals surface area contributed by atoms with E-state index in [-0.39, 0.29) is 5.91 Å². The summed E-state index contributed by atoms with van der Waals surface area (Å²) in [6.45, 7) is 3.38. The van der Waals surface area contributed by atoms with Gasteiger partial charge in [-0.3, -0.25) is 9.69 Å². The van der Waals surface area contributed by atoms with Crippen LogP contribution in [0.25, 0.3) is 0 Å². The van der Waals surface area contributed by atoms with Gasteiger partial charge in [-0.15, -0.1) is 11.8 Å². The Hall–Kier alpha value is -1.82. The molecule has 2 aromatic carbocycles. The van der Waals surface area contributed by atoms with E-state index < -0.39 is 0 Å². The third-order valence-corrected chi connectivity index (χ3v) is 5.38. The maximum atomic E-state index is 11.9. The highest BCUT2D eigenvalue weighted by Crippen LogP contribution is 2.25. The van der Waals surface area contributed by atoms with Gasteiger partial charge in [-0.1, -0.05) is 18.2 Å². The number of fused-ring (bicyclic) bond motifs is 1. The summed E-state index contributed by atoms with van der Waals surface area (Å²) < 4.78 is 4.96. The number of methoxy groups -OCH3 is 1. The van der Waals surface area contributed by atoms with Gasteiger partial charge >= 0.3 is 0 Å². The molecule has 4 nitrogen and oxygen atoms in total. The van der Waals surface area contributed by atoms with Crippen LogP contribution in [0.5, 0.6) is 0 Å². The molecule has 0 radical (unpaired) electrons. The average molecular weight is 371 g/mol. The van der Waals surface area contributed by atoms with Gasteiger partial charge in [0.1, 0.15) is 0 Å². The molecule has 0 spiro atoms. The Labute approximate surface area is 159 Å². The quantitative estimate of drug-likeness (QED) is 0.750. The average Bonchev–Trinajstić information content (AvgIpc) is 2.66. The summed E-state index contributed by atoms with van der Waals surface area (Å²) in [5, 5.41) is 2.97. The van der Waals surface area contributed by atoms with Crippen LogP contribution >= 0.6 is 11.8 Å². The summed E-state index contributed by atoms with van der Waals surface area (Å²) in [5.41, 5.74) is 4.91. The topological polar surface area (TPSA) is 41.6 Å². The lowest BCUT2D eigenvalue weighted by Crippen LogP contribution is -2.30. The Kier molecular flexibility index (Phi) is 6.72. The van der Waals surface area contributed by atoms with E-state index in [0.717, 1.165) is 31.7 Å². The highest BCUT2D eigenvalue weighted by molar-refractivity contribution is 7.98. The molecule has 0 saturated carbocycles. The van der Waals surface area contributed by atoms with E-state index in [1.54, 1.807) is 18.9 Å². The number of ether oxygens (including phenoxy) is 1.